The first-order valence-corrected chi connectivity index (χ1v) is 8.74. The molecule has 4 rings (SSSR count). The summed E-state index contributed by atoms with van der Waals surface area (Å²) in [6, 6.07) is 20.5. The van der Waals surface area contributed by atoms with E-state index in [1.54, 1.807) is 30.3 Å². The molecule has 0 atom stereocenters. The van der Waals surface area contributed by atoms with Crippen LogP contribution in [0, 0.1) is 11.3 Å². The Bertz CT molecular complexity index is 1020. The summed E-state index contributed by atoms with van der Waals surface area (Å²) < 4.78 is 0. The van der Waals surface area contributed by atoms with Crippen molar-refractivity contribution in [2.75, 3.05) is 10.6 Å². The Morgan fingerprint density at radius 3 is 2.59 bits per heavy atom. The molecular formula is C21H17N5O. The van der Waals surface area contributed by atoms with Crippen molar-refractivity contribution < 1.29 is 4.79 Å². The molecule has 6 heteroatoms. The lowest BCUT2D eigenvalue weighted by Crippen LogP contribution is -2.16. The van der Waals surface area contributed by atoms with Gasteiger partial charge in [0.25, 0.3) is 5.91 Å². The number of nitrogens with zero attached hydrogens (tertiary/aromatic N) is 3. The minimum atomic E-state index is -0.344. The second kappa shape index (κ2) is 7.26. The summed E-state index contributed by atoms with van der Waals surface area (Å²) in [5, 5.41) is 15.1. The summed E-state index contributed by atoms with van der Waals surface area (Å²) in [7, 11) is 0. The molecule has 2 aromatic carbocycles. The maximum atomic E-state index is 12.7. The van der Waals surface area contributed by atoms with Crippen LogP contribution in [0.15, 0.2) is 60.7 Å². The quantitative estimate of drug-likeness (QED) is 0.725. The van der Waals surface area contributed by atoms with E-state index in [1.165, 1.54) is 0 Å². The Kier molecular flexibility index (Phi) is 4.50. The van der Waals surface area contributed by atoms with Crippen LogP contribution in [0.2, 0.25) is 0 Å². The van der Waals surface area contributed by atoms with Crippen LogP contribution in [0.25, 0.3) is 11.4 Å². The summed E-state index contributed by atoms with van der Waals surface area (Å²) in [5.41, 5.74) is 2.15. The number of benzene rings is 2. The summed E-state index contributed by atoms with van der Waals surface area (Å²) in [6.07, 6.45) is 2.21. The molecular weight excluding hydrogens is 338 g/mol. The molecule has 3 aromatic rings. The number of anilines is 2. The summed E-state index contributed by atoms with van der Waals surface area (Å²) >= 11 is 0. The van der Waals surface area contributed by atoms with E-state index in [1.807, 2.05) is 30.3 Å². The second-order valence-corrected chi connectivity index (χ2v) is 6.39. The fourth-order valence-electron chi connectivity index (χ4n) is 2.65. The van der Waals surface area contributed by atoms with E-state index in [0.717, 1.165) is 18.4 Å². The Balaban J connectivity index is 1.65. The Labute approximate surface area is 156 Å². The first-order valence-electron chi connectivity index (χ1n) is 8.74. The SMILES string of the molecule is N#Cc1cccc(NC(=O)c2cc(NC3CC3)nc(-c3ccccc3)n2)c1. The van der Waals surface area contributed by atoms with Gasteiger partial charge in [0.15, 0.2) is 5.82 Å². The van der Waals surface area contributed by atoms with Crippen molar-refractivity contribution in [3.63, 3.8) is 0 Å². The van der Waals surface area contributed by atoms with Gasteiger partial charge in [0, 0.05) is 23.4 Å². The predicted molar refractivity (Wildman–Crippen MR) is 103 cm³/mol. The molecule has 0 unspecified atom stereocenters. The Morgan fingerprint density at radius 2 is 1.85 bits per heavy atom. The van der Waals surface area contributed by atoms with Crippen molar-refractivity contribution >= 4 is 17.4 Å². The molecule has 0 saturated heterocycles. The topological polar surface area (TPSA) is 90.7 Å². The monoisotopic (exact) mass is 355 g/mol. The minimum Gasteiger partial charge on any atom is -0.367 e. The highest BCUT2D eigenvalue weighted by Crippen LogP contribution is 2.26. The van der Waals surface area contributed by atoms with E-state index in [4.69, 9.17) is 5.26 Å². The third-order valence-electron chi connectivity index (χ3n) is 4.17. The van der Waals surface area contributed by atoms with Crippen molar-refractivity contribution in [3.8, 4) is 17.5 Å². The van der Waals surface area contributed by atoms with Gasteiger partial charge in [-0.25, -0.2) is 9.97 Å². The normalized spacial score (nSPS) is 12.9. The fraction of sp³-hybridized carbons (Fsp3) is 0.143. The molecule has 1 saturated carbocycles. The van der Waals surface area contributed by atoms with Crippen LogP contribution in [0.3, 0.4) is 0 Å². The lowest BCUT2D eigenvalue weighted by atomic mass is 10.2. The van der Waals surface area contributed by atoms with E-state index in [-0.39, 0.29) is 11.6 Å². The highest BCUT2D eigenvalue weighted by Gasteiger charge is 2.23. The zero-order valence-electron chi connectivity index (χ0n) is 14.5. The molecule has 0 bridgehead atoms. The third kappa shape index (κ3) is 4.10. The molecule has 6 nitrogen and oxygen atoms in total. The van der Waals surface area contributed by atoms with Crippen molar-refractivity contribution in [3.05, 3.63) is 71.9 Å². The van der Waals surface area contributed by atoms with Gasteiger partial charge in [0.05, 0.1) is 11.6 Å². The van der Waals surface area contributed by atoms with Crippen LogP contribution >= 0.6 is 0 Å². The standard InChI is InChI=1S/C21H17N5O/c22-13-14-5-4-8-17(11-14)24-21(27)18-12-19(23-16-9-10-16)26-20(25-18)15-6-2-1-3-7-15/h1-8,11-12,16H,9-10H2,(H,24,27)(H,23,25,26). The maximum Gasteiger partial charge on any atom is 0.274 e. The first-order chi connectivity index (χ1) is 13.2. The zero-order chi connectivity index (χ0) is 18.6. The third-order valence-corrected chi connectivity index (χ3v) is 4.17. The Hall–Kier alpha value is -3.72. The van der Waals surface area contributed by atoms with Crippen LogP contribution in [0.4, 0.5) is 11.5 Å². The van der Waals surface area contributed by atoms with Gasteiger partial charge in [-0.15, -0.1) is 0 Å². The van der Waals surface area contributed by atoms with E-state index in [0.29, 0.717) is 28.9 Å². The molecule has 0 radical (unpaired) electrons. The van der Waals surface area contributed by atoms with Gasteiger partial charge in [-0.3, -0.25) is 4.79 Å². The molecule has 1 aliphatic carbocycles. The van der Waals surface area contributed by atoms with E-state index >= 15 is 0 Å². The number of nitrogens with one attached hydrogen (secondary N) is 2. The van der Waals surface area contributed by atoms with Gasteiger partial charge in [0.2, 0.25) is 0 Å². The first kappa shape index (κ1) is 16.7. The summed E-state index contributed by atoms with van der Waals surface area (Å²) in [6.45, 7) is 0. The highest BCUT2D eigenvalue weighted by atomic mass is 16.1. The molecule has 27 heavy (non-hydrogen) atoms. The van der Waals surface area contributed by atoms with Gasteiger partial charge >= 0.3 is 0 Å². The molecule has 0 spiro atoms. The molecule has 1 fully saturated rings. The smallest absolute Gasteiger partial charge is 0.274 e. The van der Waals surface area contributed by atoms with E-state index in [9.17, 15) is 4.79 Å². The summed E-state index contributed by atoms with van der Waals surface area (Å²) in [4.78, 5) is 21.7. The highest BCUT2D eigenvalue weighted by molar-refractivity contribution is 6.03. The molecule has 1 aromatic heterocycles. The van der Waals surface area contributed by atoms with Crippen LogP contribution in [0.1, 0.15) is 28.9 Å². The fourth-order valence-corrected chi connectivity index (χ4v) is 2.65. The van der Waals surface area contributed by atoms with Crippen molar-refractivity contribution in [1.82, 2.24) is 9.97 Å². The molecule has 1 amide bonds. The van der Waals surface area contributed by atoms with Gasteiger partial charge in [-0.2, -0.15) is 5.26 Å². The Morgan fingerprint density at radius 1 is 1.04 bits per heavy atom. The van der Waals surface area contributed by atoms with Crippen LogP contribution < -0.4 is 10.6 Å². The number of nitriles is 1. The van der Waals surface area contributed by atoms with Crippen LogP contribution in [0.5, 0.6) is 0 Å². The van der Waals surface area contributed by atoms with E-state index < -0.39 is 0 Å². The van der Waals surface area contributed by atoms with Gasteiger partial charge in [0.1, 0.15) is 11.5 Å². The van der Waals surface area contributed by atoms with E-state index in [2.05, 4.69) is 26.7 Å². The van der Waals surface area contributed by atoms with Gasteiger partial charge in [-0.1, -0.05) is 36.4 Å². The number of amides is 1. The summed E-state index contributed by atoms with van der Waals surface area (Å²) in [5.74, 6) is 0.794. The maximum absolute atomic E-state index is 12.7. The largest absolute Gasteiger partial charge is 0.367 e. The number of carbonyl (C=O) groups excluding carboxylic acids is 1. The van der Waals surface area contributed by atoms with Gasteiger partial charge in [-0.05, 0) is 31.0 Å². The lowest BCUT2D eigenvalue weighted by molar-refractivity contribution is 0.102. The average Bonchev–Trinajstić information content (AvgIpc) is 3.52. The zero-order valence-corrected chi connectivity index (χ0v) is 14.5. The number of rotatable bonds is 5. The number of hydrogen-bond donors (Lipinski definition) is 2. The minimum absolute atomic E-state index is 0.273. The van der Waals surface area contributed by atoms with Gasteiger partial charge < -0.3 is 10.6 Å². The molecule has 1 heterocycles. The number of carbonyl (C=O) groups is 1. The predicted octanol–water partition coefficient (Wildman–Crippen LogP) is 3.84. The molecule has 2 N–H and O–H groups in total. The average molecular weight is 355 g/mol. The van der Waals surface area contributed by atoms with Crippen molar-refractivity contribution in [1.29, 1.82) is 5.26 Å². The molecule has 0 aliphatic heterocycles. The van der Waals surface area contributed by atoms with Crippen molar-refractivity contribution in [2.24, 2.45) is 0 Å². The number of aromatic nitrogens is 2. The molecule has 1 aliphatic rings. The van der Waals surface area contributed by atoms with Crippen molar-refractivity contribution in [2.45, 2.75) is 18.9 Å². The van der Waals surface area contributed by atoms with Crippen LogP contribution in [-0.4, -0.2) is 21.9 Å². The lowest BCUT2D eigenvalue weighted by Gasteiger charge is -2.10. The second-order valence-electron chi connectivity index (χ2n) is 6.39. The van der Waals surface area contributed by atoms with Crippen LogP contribution in [-0.2, 0) is 0 Å². The number of hydrogen-bond acceptors (Lipinski definition) is 5. The molecule has 132 valence electrons.